The van der Waals surface area contributed by atoms with Crippen LogP contribution in [0.25, 0.3) is 16.9 Å². The molecule has 2 aromatic carbocycles. The van der Waals surface area contributed by atoms with Gasteiger partial charge in [-0.1, -0.05) is 44.4 Å². The van der Waals surface area contributed by atoms with Crippen LogP contribution in [-0.2, 0) is 27.2 Å². The highest BCUT2D eigenvalue weighted by molar-refractivity contribution is 6.33. The lowest BCUT2D eigenvalue weighted by atomic mass is 9.57. The summed E-state index contributed by atoms with van der Waals surface area (Å²) < 4.78 is 5.73. The van der Waals surface area contributed by atoms with Crippen LogP contribution in [0.4, 0.5) is 0 Å². The van der Waals surface area contributed by atoms with Crippen molar-refractivity contribution in [2.24, 2.45) is 17.8 Å². The van der Waals surface area contributed by atoms with Crippen LogP contribution >= 0.6 is 0 Å². The lowest BCUT2D eigenvalue weighted by molar-refractivity contribution is -0.157. The van der Waals surface area contributed by atoms with Gasteiger partial charge in [0.15, 0.2) is 11.4 Å². The first-order valence-corrected chi connectivity index (χ1v) is 14.9. The highest BCUT2D eigenvalue weighted by atomic mass is 16.5. The molecule has 0 radical (unpaired) electrons. The average Bonchev–Trinajstić information content (AvgIpc) is 2.93. The number of aliphatic hydroxyl groups is 2. The Morgan fingerprint density at radius 3 is 2.45 bits per heavy atom. The molecule has 0 unspecified atom stereocenters. The SMILES string of the molecule is COc1ccc(CCCCC(C)C)cc1-c1ccc(O)c2c1C[C@H]1C[C@H]3CC(C)=C(C(C)=O)C(=O)[C@@]3(O)C(=O)C1=C2O. The van der Waals surface area contributed by atoms with E-state index in [1.807, 2.05) is 12.1 Å². The summed E-state index contributed by atoms with van der Waals surface area (Å²) in [7, 11) is 1.61. The molecular weight excluding hydrogens is 532 g/mol. The van der Waals surface area contributed by atoms with Crippen molar-refractivity contribution in [1.82, 2.24) is 0 Å². The van der Waals surface area contributed by atoms with Gasteiger partial charge in [0.25, 0.3) is 0 Å². The van der Waals surface area contributed by atoms with Crippen LogP contribution in [0.2, 0.25) is 0 Å². The summed E-state index contributed by atoms with van der Waals surface area (Å²) in [5, 5.41) is 34.0. The molecule has 0 saturated heterocycles. The molecule has 5 rings (SSSR count). The van der Waals surface area contributed by atoms with E-state index in [1.54, 1.807) is 14.0 Å². The fourth-order valence-electron chi connectivity index (χ4n) is 7.28. The minimum absolute atomic E-state index is 0.0598. The quantitative estimate of drug-likeness (QED) is 0.199. The first kappa shape index (κ1) is 29.8. The second-order valence-corrected chi connectivity index (χ2v) is 12.6. The smallest absolute Gasteiger partial charge is 0.206 e. The van der Waals surface area contributed by atoms with E-state index < -0.39 is 40.5 Å². The fraction of sp³-hybridized carbons (Fsp3) is 0.457. The predicted molar refractivity (Wildman–Crippen MR) is 160 cm³/mol. The molecule has 2 aromatic rings. The molecule has 0 aromatic heterocycles. The van der Waals surface area contributed by atoms with E-state index in [4.69, 9.17) is 4.74 Å². The van der Waals surface area contributed by atoms with Crippen molar-refractivity contribution in [2.45, 2.75) is 78.2 Å². The molecule has 7 heteroatoms. The number of methoxy groups -OCH3 is 1. The number of aryl methyl sites for hydroxylation is 1. The zero-order valence-electron chi connectivity index (χ0n) is 25.0. The van der Waals surface area contributed by atoms with Gasteiger partial charge < -0.3 is 20.1 Å². The number of rotatable bonds is 8. The van der Waals surface area contributed by atoms with E-state index in [2.05, 4.69) is 26.0 Å². The largest absolute Gasteiger partial charge is 0.507 e. The van der Waals surface area contributed by atoms with Gasteiger partial charge in [-0.15, -0.1) is 0 Å². The topological polar surface area (TPSA) is 121 Å². The molecule has 0 spiro atoms. The highest BCUT2D eigenvalue weighted by Gasteiger charge is 2.60. The molecule has 3 N–H and O–H groups in total. The molecule has 0 amide bonds. The summed E-state index contributed by atoms with van der Waals surface area (Å²) in [6, 6.07) is 9.39. The van der Waals surface area contributed by atoms with Crippen LogP contribution in [0.15, 0.2) is 47.1 Å². The number of phenolic OH excluding ortho intramolecular Hbond substituents is 1. The van der Waals surface area contributed by atoms with Crippen molar-refractivity contribution in [3.05, 3.63) is 63.7 Å². The third kappa shape index (κ3) is 4.77. The van der Waals surface area contributed by atoms with Crippen LogP contribution < -0.4 is 4.74 Å². The standard InChI is InChI=1S/C35H40O7/c1-18(2)8-6-7-9-21-10-13-28(42-5)25(15-21)24-11-12-27(37)31-26(24)17-22-16-23-14-19(3)29(20(4)36)33(39)35(23,41)34(40)30(22)32(31)38/h10-13,15,18,22-23,37-38,41H,6-9,14,16-17H2,1-5H3/t22-,23-,35-/m1/s1. The maximum atomic E-state index is 13.9. The summed E-state index contributed by atoms with van der Waals surface area (Å²) >= 11 is 0. The molecule has 42 heavy (non-hydrogen) atoms. The van der Waals surface area contributed by atoms with Crippen LogP contribution in [0.1, 0.15) is 76.5 Å². The van der Waals surface area contributed by atoms with E-state index in [0.717, 1.165) is 36.0 Å². The molecule has 7 nitrogen and oxygen atoms in total. The molecular formula is C35H40O7. The Kier molecular flexibility index (Phi) is 7.92. The van der Waals surface area contributed by atoms with Crippen molar-refractivity contribution in [3.8, 4) is 22.6 Å². The number of Topliss-reactive ketones (excluding diaryl/α,β-unsaturated/α-hetero) is 3. The second kappa shape index (κ2) is 11.2. The second-order valence-electron chi connectivity index (χ2n) is 12.6. The van der Waals surface area contributed by atoms with Gasteiger partial charge in [-0.05, 0) is 92.7 Å². The van der Waals surface area contributed by atoms with Crippen molar-refractivity contribution in [3.63, 3.8) is 0 Å². The third-order valence-electron chi connectivity index (χ3n) is 9.35. The first-order chi connectivity index (χ1) is 19.9. The van der Waals surface area contributed by atoms with Gasteiger partial charge in [-0.2, -0.15) is 0 Å². The van der Waals surface area contributed by atoms with Crippen LogP contribution in [-0.4, -0.2) is 45.4 Å². The summed E-state index contributed by atoms with van der Waals surface area (Å²) in [4.78, 5) is 39.5. The van der Waals surface area contributed by atoms with Crippen LogP contribution in [0.3, 0.4) is 0 Å². The predicted octanol–water partition coefficient (Wildman–Crippen LogP) is 6.08. The Bertz CT molecular complexity index is 1540. The number of aromatic hydroxyl groups is 1. The molecule has 1 saturated carbocycles. The van der Waals surface area contributed by atoms with Crippen molar-refractivity contribution >= 4 is 23.1 Å². The Morgan fingerprint density at radius 2 is 1.79 bits per heavy atom. The first-order valence-electron chi connectivity index (χ1n) is 14.9. The minimum atomic E-state index is -2.42. The number of benzene rings is 2. The Balaban J connectivity index is 1.59. The third-order valence-corrected chi connectivity index (χ3v) is 9.35. The average molecular weight is 573 g/mol. The number of aliphatic hydroxyl groups excluding tert-OH is 1. The zero-order chi connectivity index (χ0) is 30.5. The molecule has 0 heterocycles. The number of allylic oxidation sites excluding steroid dienone is 1. The van der Waals surface area contributed by atoms with Gasteiger partial charge in [-0.3, -0.25) is 14.4 Å². The van der Waals surface area contributed by atoms with E-state index in [9.17, 15) is 29.7 Å². The fourth-order valence-corrected chi connectivity index (χ4v) is 7.28. The molecule has 3 atom stereocenters. The van der Waals surface area contributed by atoms with Gasteiger partial charge in [0, 0.05) is 17.1 Å². The zero-order valence-corrected chi connectivity index (χ0v) is 25.0. The molecule has 0 bridgehead atoms. The van der Waals surface area contributed by atoms with Gasteiger partial charge in [0.1, 0.15) is 17.3 Å². The number of carbonyl (C=O) groups excluding carboxylic acids is 3. The highest BCUT2D eigenvalue weighted by Crippen LogP contribution is 2.53. The van der Waals surface area contributed by atoms with Crippen molar-refractivity contribution < 1.29 is 34.4 Å². The summed E-state index contributed by atoms with van der Waals surface area (Å²) in [5.74, 6) is -2.76. The number of hydrogen-bond donors (Lipinski definition) is 3. The van der Waals surface area contributed by atoms with Gasteiger partial charge >= 0.3 is 0 Å². The van der Waals surface area contributed by atoms with Crippen LogP contribution in [0, 0.1) is 17.8 Å². The number of carbonyl (C=O) groups is 3. The number of hydrogen-bond acceptors (Lipinski definition) is 7. The molecule has 3 aliphatic rings. The van der Waals surface area contributed by atoms with Gasteiger partial charge in [0.2, 0.25) is 11.6 Å². The number of ketones is 3. The van der Waals surface area contributed by atoms with E-state index in [0.29, 0.717) is 29.2 Å². The normalized spacial score (nSPS) is 23.6. The van der Waals surface area contributed by atoms with Gasteiger partial charge in [0.05, 0.1) is 18.2 Å². The minimum Gasteiger partial charge on any atom is -0.507 e. The summed E-state index contributed by atoms with van der Waals surface area (Å²) in [6.45, 7) is 7.39. The lowest BCUT2D eigenvalue weighted by Gasteiger charge is -2.46. The summed E-state index contributed by atoms with van der Waals surface area (Å²) in [6.07, 6.45) is 5.14. The Labute approximate surface area is 246 Å². The molecule has 222 valence electrons. The van der Waals surface area contributed by atoms with Crippen molar-refractivity contribution in [2.75, 3.05) is 7.11 Å². The monoisotopic (exact) mass is 572 g/mol. The maximum Gasteiger partial charge on any atom is 0.206 e. The number of phenols is 1. The molecule has 0 aliphatic heterocycles. The number of unbranched alkanes of at least 4 members (excludes halogenated alkanes) is 1. The van der Waals surface area contributed by atoms with Crippen LogP contribution in [0.5, 0.6) is 11.5 Å². The van der Waals surface area contributed by atoms with Crippen molar-refractivity contribution in [1.29, 1.82) is 0 Å². The van der Waals surface area contributed by atoms with E-state index >= 15 is 0 Å². The summed E-state index contributed by atoms with van der Waals surface area (Å²) in [5.41, 5.74) is 1.55. The maximum absolute atomic E-state index is 13.9. The van der Waals surface area contributed by atoms with E-state index in [-0.39, 0.29) is 35.3 Å². The Hall–Kier alpha value is -3.71. The van der Waals surface area contributed by atoms with E-state index in [1.165, 1.54) is 19.4 Å². The molecule has 1 fully saturated rings. The lowest BCUT2D eigenvalue weighted by Crippen LogP contribution is -2.61. The number of ether oxygens (including phenoxy) is 1. The number of fused-ring (bicyclic) bond motifs is 3. The molecule has 3 aliphatic carbocycles. The Morgan fingerprint density at radius 1 is 1.05 bits per heavy atom. The van der Waals surface area contributed by atoms with Gasteiger partial charge in [-0.25, -0.2) is 0 Å².